The van der Waals surface area contributed by atoms with Crippen LogP contribution >= 0.6 is 0 Å². The van der Waals surface area contributed by atoms with Crippen molar-refractivity contribution in [2.45, 2.75) is 0 Å². The van der Waals surface area contributed by atoms with E-state index in [1.165, 1.54) is 0 Å². The second-order valence-corrected chi connectivity index (χ2v) is 13.5. The third-order valence-corrected chi connectivity index (χ3v) is 10.4. The van der Waals surface area contributed by atoms with Gasteiger partial charge in [0.05, 0.1) is 0 Å². The van der Waals surface area contributed by atoms with Gasteiger partial charge >= 0.3 is 0 Å². The zero-order valence-electron chi connectivity index (χ0n) is 28.9. The van der Waals surface area contributed by atoms with Crippen molar-refractivity contribution in [1.82, 2.24) is 15.0 Å². The number of benzene rings is 8. The number of aromatic nitrogens is 3. The van der Waals surface area contributed by atoms with Crippen LogP contribution in [-0.4, -0.2) is 15.0 Å². The molecule has 5 nitrogen and oxygen atoms in total. The van der Waals surface area contributed by atoms with Gasteiger partial charge in [0, 0.05) is 43.8 Å². The van der Waals surface area contributed by atoms with Gasteiger partial charge in [-0.25, -0.2) is 15.0 Å². The molecule has 8 aromatic carbocycles. The Morgan fingerprint density at radius 2 is 0.778 bits per heavy atom. The highest BCUT2D eigenvalue weighted by Crippen LogP contribution is 2.45. The van der Waals surface area contributed by atoms with Crippen molar-refractivity contribution in [2.24, 2.45) is 0 Å². The first-order chi connectivity index (χ1) is 26.8. The molecule has 0 aliphatic rings. The van der Waals surface area contributed by atoms with Crippen LogP contribution in [0.1, 0.15) is 0 Å². The zero-order valence-corrected chi connectivity index (χ0v) is 28.9. The summed E-state index contributed by atoms with van der Waals surface area (Å²) in [6.07, 6.45) is 0. The third kappa shape index (κ3) is 4.76. The van der Waals surface area contributed by atoms with Gasteiger partial charge in [0.2, 0.25) is 0 Å². The molecule has 3 aromatic heterocycles. The molecular weight excluding hydrogens is 663 g/mol. The van der Waals surface area contributed by atoms with Crippen molar-refractivity contribution >= 4 is 54.6 Å². The molecule has 0 N–H and O–H groups in total. The van der Waals surface area contributed by atoms with Crippen LogP contribution in [0, 0.1) is 0 Å². The summed E-state index contributed by atoms with van der Waals surface area (Å²) < 4.78 is 12.9. The molecule has 11 rings (SSSR count). The first-order valence-corrected chi connectivity index (χ1v) is 18.0. The van der Waals surface area contributed by atoms with Crippen molar-refractivity contribution in [2.75, 3.05) is 0 Å². The number of para-hydroxylation sites is 2. The number of nitrogens with zero attached hydrogens (tertiary/aromatic N) is 3. The molecule has 0 aliphatic carbocycles. The Labute approximate surface area is 309 Å². The lowest BCUT2D eigenvalue weighted by atomic mass is 9.90. The van der Waals surface area contributed by atoms with Gasteiger partial charge in [0.15, 0.2) is 17.5 Å². The van der Waals surface area contributed by atoms with E-state index in [4.69, 9.17) is 23.8 Å². The largest absolute Gasteiger partial charge is 0.456 e. The number of furan rings is 2. The van der Waals surface area contributed by atoms with Crippen LogP contribution < -0.4 is 0 Å². The molecule has 0 saturated carbocycles. The average molecular weight is 692 g/mol. The summed E-state index contributed by atoms with van der Waals surface area (Å²) in [5.74, 6) is 1.80. The minimum atomic E-state index is 0.590. The van der Waals surface area contributed by atoms with E-state index in [0.717, 1.165) is 93.6 Å². The van der Waals surface area contributed by atoms with Crippen LogP contribution in [0.2, 0.25) is 0 Å². The Kier molecular flexibility index (Phi) is 6.79. The molecule has 0 radical (unpaired) electrons. The fraction of sp³-hybridized carbons (Fsp3) is 0. The van der Waals surface area contributed by atoms with E-state index in [1.54, 1.807) is 0 Å². The van der Waals surface area contributed by atoms with Crippen molar-refractivity contribution in [1.29, 1.82) is 0 Å². The van der Waals surface area contributed by atoms with Gasteiger partial charge in [-0.15, -0.1) is 0 Å². The second-order valence-electron chi connectivity index (χ2n) is 13.5. The molecule has 252 valence electrons. The first-order valence-electron chi connectivity index (χ1n) is 18.0. The molecule has 0 atom stereocenters. The first kappa shape index (κ1) is 30.3. The minimum absolute atomic E-state index is 0.590. The highest BCUT2D eigenvalue weighted by molar-refractivity contribution is 6.19. The fourth-order valence-electron chi connectivity index (χ4n) is 7.92. The molecule has 5 heteroatoms. The van der Waals surface area contributed by atoms with Crippen LogP contribution in [0.4, 0.5) is 0 Å². The van der Waals surface area contributed by atoms with E-state index in [2.05, 4.69) is 97.1 Å². The summed E-state index contributed by atoms with van der Waals surface area (Å²) in [7, 11) is 0. The van der Waals surface area contributed by atoms with E-state index in [-0.39, 0.29) is 0 Å². The molecule has 0 amide bonds. The van der Waals surface area contributed by atoms with Gasteiger partial charge < -0.3 is 8.83 Å². The van der Waals surface area contributed by atoms with Gasteiger partial charge in [0.1, 0.15) is 22.3 Å². The fourth-order valence-corrected chi connectivity index (χ4v) is 7.92. The van der Waals surface area contributed by atoms with Gasteiger partial charge in [-0.2, -0.15) is 0 Å². The number of fused-ring (bicyclic) bond motifs is 7. The maximum absolute atomic E-state index is 6.63. The molecule has 54 heavy (non-hydrogen) atoms. The number of hydrogen-bond donors (Lipinski definition) is 0. The van der Waals surface area contributed by atoms with Crippen molar-refractivity contribution in [3.05, 3.63) is 176 Å². The lowest BCUT2D eigenvalue weighted by molar-refractivity contribution is 0.669. The molecule has 0 saturated heterocycles. The van der Waals surface area contributed by atoms with E-state index >= 15 is 0 Å². The lowest BCUT2D eigenvalue weighted by Crippen LogP contribution is -2.01. The predicted octanol–water partition coefficient (Wildman–Crippen LogP) is 13.2. The minimum Gasteiger partial charge on any atom is -0.456 e. The Bertz CT molecular complexity index is 3220. The predicted molar refractivity (Wildman–Crippen MR) is 219 cm³/mol. The Hall–Kier alpha value is -7.37. The number of hydrogen-bond acceptors (Lipinski definition) is 5. The number of rotatable bonds is 5. The Morgan fingerprint density at radius 1 is 0.278 bits per heavy atom. The second kappa shape index (κ2) is 12.1. The zero-order chi connectivity index (χ0) is 35.6. The van der Waals surface area contributed by atoms with Gasteiger partial charge in [0.25, 0.3) is 0 Å². The standard InChI is InChI=1S/C49H29N3O2/c1-3-14-30(15-4-1)32-26-28-36(45-39-21-10-12-24-42(39)54-46(32)45)35-27-29-37(34-19-8-7-18-33(34)35)48-50-47(31-16-5-2-6-17-31)51-49(52-48)40-22-13-25-43-44(40)38-20-9-11-23-41(38)53-43/h1-29H. The maximum Gasteiger partial charge on any atom is 0.164 e. The third-order valence-electron chi connectivity index (χ3n) is 10.4. The molecule has 0 aliphatic heterocycles. The van der Waals surface area contributed by atoms with E-state index < -0.39 is 0 Å². The van der Waals surface area contributed by atoms with Crippen molar-refractivity contribution in [3.63, 3.8) is 0 Å². The quantitative estimate of drug-likeness (QED) is 0.180. The van der Waals surface area contributed by atoms with Gasteiger partial charge in [-0.3, -0.25) is 0 Å². The molecule has 0 bridgehead atoms. The summed E-state index contributed by atoms with van der Waals surface area (Å²) in [4.78, 5) is 15.5. The summed E-state index contributed by atoms with van der Waals surface area (Å²) in [5.41, 5.74) is 10.5. The van der Waals surface area contributed by atoms with E-state index in [9.17, 15) is 0 Å². The highest BCUT2D eigenvalue weighted by Gasteiger charge is 2.22. The van der Waals surface area contributed by atoms with Crippen molar-refractivity contribution in [3.8, 4) is 56.4 Å². The SMILES string of the molecule is c1ccc(-c2nc(-c3ccc(-c4ccc(-c5ccccc5)c5oc6ccccc6c45)c4ccccc34)nc(-c3cccc4oc5ccccc5c34)n2)cc1. The van der Waals surface area contributed by atoms with E-state index in [1.807, 2.05) is 78.9 Å². The molecular formula is C49H29N3O2. The highest BCUT2D eigenvalue weighted by atomic mass is 16.3. The van der Waals surface area contributed by atoms with Gasteiger partial charge in [-0.1, -0.05) is 146 Å². The Morgan fingerprint density at radius 3 is 1.52 bits per heavy atom. The smallest absolute Gasteiger partial charge is 0.164 e. The molecule has 0 fully saturated rings. The monoisotopic (exact) mass is 691 g/mol. The Balaban J connectivity index is 1.15. The molecule has 3 heterocycles. The van der Waals surface area contributed by atoms with Crippen molar-refractivity contribution < 1.29 is 8.83 Å². The maximum atomic E-state index is 6.63. The van der Waals surface area contributed by atoms with Gasteiger partial charge in [-0.05, 0) is 57.8 Å². The molecule has 11 aromatic rings. The summed E-state index contributed by atoms with van der Waals surface area (Å²) in [6.45, 7) is 0. The summed E-state index contributed by atoms with van der Waals surface area (Å²) >= 11 is 0. The molecule has 0 spiro atoms. The topological polar surface area (TPSA) is 65.0 Å². The van der Waals surface area contributed by atoms with Crippen LogP contribution in [-0.2, 0) is 0 Å². The lowest BCUT2D eigenvalue weighted by Gasteiger charge is -2.14. The average Bonchev–Trinajstić information content (AvgIpc) is 3.83. The van der Waals surface area contributed by atoms with E-state index in [0.29, 0.717) is 17.5 Å². The van der Waals surface area contributed by atoms with Crippen LogP contribution in [0.25, 0.3) is 111 Å². The normalized spacial score (nSPS) is 11.7. The molecule has 0 unspecified atom stereocenters. The van der Waals surface area contributed by atoms with Crippen LogP contribution in [0.5, 0.6) is 0 Å². The summed E-state index contributed by atoms with van der Waals surface area (Å²) in [6, 6.07) is 60.3. The van der Waals surface area contributed by atoms with Crippen LogP contribution in [0.3, 0.4) is 0 Å². The van der Waals surface area contributed by atoms with Crippen LogP contribution in [0.15, 0.2) is 185 Å². The summed E-state index contributed by atoms with van der Waals surface area (Å²) in [5, 5.41) is 6.34.